The molecule has 4 nitrogen and oxygen atoms in total. The average molecular weight is 276 g/mol. The van der Waals surface area contributed by atoms with E-state index in [0.717, 1.165) is 0 Å². The van der Waals surface area contributed by atoms with Crippen LogP contribution in [0.15, 0.2) is 36.9 Å². The van der Waals surface area contributed by atoms with Gasteiger partial charge in [0, 0.05) is 18.6 Å². The largest absolute Gasteiger partial charge is 0.382 e. The number of rotatable bonds is 5. The smallest absolute Gasteiger partial charge is 0.269 e. The first-order valence-corrected chi connectivity index (χ1v) is 5.65. The Morgan fingerprint density at radius 2 is 2.00 bits per heavy atom. The van der Waals surface area contributed by atoms with E-state index in [2.05, 4.69) is 6.58 Å². The second-order valence-electron chi connectivity index (χ2n) is 3.52. The van der Waals surface area contributed by atoms with Gasteiger partial charge in [0.2, 0.25) is 0 Å². The first-order valence-electron chi connectivity index (χ1n) is 4.78. The summed E-state index contributed by atoms with van der Waals surface area (Å²) in [6.45, 7) is 3.51. The molecule has 0 fully saturated rings. The summed E-state index contributed by atoms with van der Waals surface area (Å²) in [5.41, 5.74) is -1.13. The number of halogens is 2. The molecule has 0 heterocycles. The molecular weight excluding hydrogens is 265 g/mol. The first-order chi connectivity index (χ1) is 7.91. The molecule has 0 saturated heterocycles. The maximum atomic E-state index is 10.5. The SMILES string of the molecule is C=CC[C@@](O)(c1ccc([N+](=O)[O-])cc1)C(Cl)Cl. The van der Waals surface area contributed by atoms with E-state index in [1.807, 2.05) is 0 Å². The van der Waals surface area contributed by atoms with Gasteiger partial charge in [-0.25, -0.2) is 0 Å². The number of hydrogen-bond donors (Lipinski definition) is 1. The molecule has 0 bridgehead atoms. The number of nitro groups is 1. The number of alkyl halides is 2. The third-order valence-corrected chi connectivity index (χ3v) is 3.12. The Labute approximate surface area is 109 Å². The van der Waals surface area contributed by atoms with Crippen LogP contribution in [0, 0.1) is 10.1 Å². The van der Waals surface area contributed by atoms with Crippen molar-refractivity contribution < 1.29 is 10.0 Å². The molecule has 0 radical (unpaired) electrons. The molecule has 6 heteroatoms. The zero-order valence-corrected chi connectivity index (χ0v) is 10.4. The fourth-order valence-electron chi connectivity index (χ4n) is 1.42. The van der Waals surface area contributed by atoms with Crippen LogP contribution in [0.5, 0.6) is 0 Å². The molecule has 1 aromatic rings. The van der Waals surface area contributed by atoms with Crippen LogP contribution < -0.4 is 0 Å². The standard InChI is InChI=1S/C11H11Cl2NO3/c1-2-7-11(15,10(12)13)8-3-5-9(6-4-8)14(16)17/h2-6,10,15H,1,7H2/t11-/m1/s1. The van der Waals surface area contributed by atoms with E-state index in [4.69, 9.17) is 23.2 Å². The number of nitro benzene ring substituents is 1. The van der Waals surface area contributed by atoms with Gasteiger partial charge in [0.15, 0.2) is 0 Å². The summed E-state index contributed by atoms with van der Waals surface area (Å²) >= 11 is 11.5. The van der Waals surface area contributed by atoms with Crippen LogP contribution in [-0.2, 0) is 5.60 Å². The van der Waals surface area contributed by atoms with E-state index in [1.54, 1.807) is 0 Å². The molecule has 1 atom stereocenters. The number of nitrogens with zero attached hydrogens (tertiary/aromatic N) is 1. The average Bonchev–Trinajstić information content (AvgIpc) is 2.29. The molecule has 0 amide bonds. The van der Waals surface area contributed by atoms with Crippen LogP contribution >= 0.6 is 23.2 Å². The fraction of sp³-hybridized carbons (Fsp3) is 0.273. The summed E-state index contributed by atoms with van der Waals surface area (Å²) in [4.78, 5) is 8.92. The highest BCUT2D eigenvalue weighted by molar-refractivity contribution is 6.45. The van der Waals surface area contributed by atoms with Crippen molar-refractivity contribution >= 4 is 28.9 Å². The van der Waals surface area contributed by atoms with Crippen LogP contribution in [0.1, 0.15) is 12.0 Å². The Hall–Kier alpha value is -1.10. The first kappa shape index (κ1) is 14.0. The maximum Gasteiger partial charge on any atom is 0.269 e. The van der Waals surface area contributed by atoms with Gasteiger partial charge in [0.05, 0.1) is 4.92 Å². The molecular formula is C11H11Cl2NO3. The van der Waals surface area contributed by atoms with Gasteiger partial charge in [0.25, 0.3) is 5.69 Å². The number of non-ortho nitro benzene ring substituents is 1. The lowest BCUT2D eigenvalue weighted by molar-refractivity contribution is -0.384. The zero-order valence-electron chi connectivity index (χ0n) is 8.85. The van der Waals surface area contributed by atoms with Crippen LogP contribution in [-0.4, -0.2) is 14.9 Å². The van der Waals surface area contributed by atoms with Gasteiger partial charge >= 0.3 is 0 Å². The molecule has 1 rings (SSSR count). The van der Waals surface area contributed by atoms with Crippen molar-refractivity contribution in [2.45, 2.75) is 16.9 Å². The molecule has 0 spiro atoms. The summed E-state index contributed by atoms with van der Waals surface area (Å²) in [6, 6.07) is 5.44. The van der Waals surface area contributed by atoms with E-state index in [1.165, 1.54) is 30.3 Å². The second kappa shape index (κ2) is 5.49. The summed E-state index contributed by atoms with van der Waals surface area (Å²) in [5.74, 6) is 0. The molecule has 17 heavy (non-hydrogen) atoms. The van der Waals surface area contributed by atoms with Gasteiger partial charge in [0.1, 0.15) is 10.4 Å². The number of hydrogen-bond acceptors (Lipinski definition) is 3. The quantitative estimate of drug-likeness (QED) is 0.389. The minimum atomic E-state index is -1.49. The Bertz CT molecular complexity index is 419. The van der Waals surface area contributed by atoms with Crippen LogP contribution in [0.3, 0.4) is 0 Å². The van der Waals surface area contributed by atoms with Crippen molar-refractivity contribution in [3.05, 3.63) is 52.6 Å². The van der Waals surface area contributed by atoms with E-state index in [0.29, 0.717) is 5.56 Å². The van der Waals surface area contributed by atoms with Gasteiger partial charge in [-0.2, -0.15) is 0 Å². The number of aliphatic hydroxyl groups is 1. The molecule has 0 aliphatic carbocycles. The Morgan fingerprint density at radius 3 is 2.35 bits per heavy atom. The zero-order chi connectivity index (χ0) is 13.1. The van der Waals surface area contributed by atoms with Gasteiger partial charge in [-0.1, -0.05) is 6.08 Å². The highest BCUT2D eigenvalue weighted by Crippen LogP contribution is 2.35. The number of benzene rings is 1. The minimum Gasteiger partial charge on any atom is -0.382 e. The van der Waals surface area contributed by atoms with Gasteiger partial charge in [-0.15, -0.1) is 29.8 Å². The van der Waals surface area contributed by atoms with Crippen molar-refractivity contribution in [1.82, 2.24) is 0 Å². The van der Waals surface area contributed by atoms with Crippen molar-refractivity contribution in [1.29, 1.82) is 0 Å². The van der Waals surface area contributed by atoms with Crippen molar-refractivity contribution in [2.75, 3.05) is 0 Å². The van der Waals surface area contributed by atoms with Gasteiger partial charge in [-0.3, -0.25) is 10.1 Å². The molecule has 0 saturated carbocycles. The molecule has 0 aliphatic heterocycles. The lowest BCUT2D eigenvalue weighted by Crippen LogP contribution is -2.32. The molecule has 1 N–H and O–H groups in total. The van der Waals surface area contributed by atoms with Crippen LogP contribution in [0.25, 0.3) is 0 Å². The Balaban J connectivity index is 3.12. The second-order valence-corrected chi connectivity index (χ2v) is 4.62. The highest BCUT2D eigenvalue weighted by atomic mass is 35.5. The van der Waals surface area contributed by atoms with Gasteiger partial charge < -0.3 is 5.11 Å². The Kier molecular flexibility index (Phi) is 4.51. The third kappa shape index (κ3) is 2.97. The van der Waals surface area contributed by atoms with E-state index in [9.17, 15) is 15.2 Å². The summed E-state index contributed by atoms with van der Waals surface area (Å²) < 4.78 is 0. The van der Waals surface area contributed by atoms with Crippen molar-refractivity contribution in [3.63, 3.8) is 0 Å². The molecule has 92 valence electrons. The predicted molar refractivity (Wildman–Crippen MR) is 67.3 cm³/mol. The summed E-state index contributed by atoms with van der Waals surface area (Å²) in [7, 11) is 0. The van der Waals surface area contributed by atoms with Crippen LogP contribution in [0.2, 0.25) is 0 Å². The monoisotopic (exact) mass is 275 g/mol. The van der Waals surface area contributed by atoms with Crippen molar-refractivity contribution in [3.8, 4) is 0 Å². The van der Waals surface area contributed by atoms with E-state index >= 15 is 0 Å². The van der Waals surface area contributed by atoms with E-state index < -0.39 is 15.4 Å². The van der Waals surface area contributed by atoms with Crippen LogP contribution in [0.4, 0.5) is 5.69 Å². The minimum absolute atomic E-state index is 0.0598. The molecule has 0 unspecified atom stereocenters. The summed E-state index contributed by atoms with van der Waals surface area (Å²) in [5, 5.41) is 20.8. The topological polar surface area (TPSA) is 63.4 Å². The fourth-order valence-corrected chi connectivity index (χ4v) is 1.85. The lowest BCUT2D eigenvalue weighted by atomic mass is 9.92. The normalized spacial score (nSPS) is 14.4. The maximum absolute atomic E-state index is 10.5. The van der Waals surface area contributed by atoms with E-state index in [-0.39, 0.29) is 12.1 Å². The molecule has 1 aromatic carbocycles. The predicted octanol–water partition coefficient (Wildman–Crippen LogP) is 3.16. The lowest BCUT2D eigenvalue weighted by Gasteiger charge is -2.28. The highest BCUT2D eigenvalue weighted by Gasteiger charge is 2.35. The molecule has 0 aliphatic rings. The summed E-state index contributed by atoms with van der Waals surface area (Å²) in [6.07, 6.45) is 1.64. The van der Waals surface area contributed by atoms with Crippen molar-refractivity contribution in [2.24, 2.45) is 0 Å². The van der Waals surface area contributed by atoms with Gasteiger partial charge in [-0.05, 0) is 17.7 Å². The Morgan fingerprint density at radius 1 is 1.47 bits per heavy atom. The molecule has 0 aromatic heterocycles. The third-order valence-electron chi connectivity index (χ3n) is 2.39.